The summed E-state index contributed by atoms with van der Waals surface area (Å²) in [6, 6.07) is 18.5. The van der Waals surface area contributed by atoms with Crippen molar-refractivity contribution in [3.8, 4) is 5.75 Å². The van der Waals surface area contributed by atoms with Gasteiger partial charge in [0.15, 0.2) is 0 Å². The normalized spacial score (nSPS) is 18.4. The molecule has 3 nitrogen and oxygen atoms in total. The molecule has 2 aromatic carbocycles. The van der Waals surface area contributed by atoms with Gasteiger partial charge in [-0.15, -0.1) is 0 Å². The van der Waals surface area contributed by atoms with E-state index in [1.54, 1.807) is 7.11 Å². The fourth-order valence-corrected chi connectivity index (χ4v) is 4.22. The summed E-state index contributed by atoms with van der Waals surface area (Å²) in [5.74, 6) is 0.874. The van der Waals surface area contributed by atoms with Crippen molar-refractivity contribution in [1.82, 2.24) is 4.90 Å². The summed E-state index contributed by atoms with van der Waals surface area (Å²) in [4.78, 5) is 2.50. The van der Waals surface area contributed by atoms with Gasteiger partial charge in [-0.05, 0) is 55.6 Å². The first kappa shape index (κ1) is 18.9. The number of hydrogen-bond donors (Lipinski definition) is 1. The second-order valence-corrected chi connectivity index (χ2v) is 7.37. The fraction of sp³-hybridized carbons (Fsp3) is 0.478. The average Bonchev–Trinajstić information content (AvgIpc) is 3.20. The Morgan fingerprint density at radius 3 is 2.27 bits per heavy atom. The van der Waals surface area contributed by atoms with E-state index in [0.717, 1.165) is 43.8 Å². The SMILES string of the molecule is CCC[C@@](O)(c1ccc(OC)cc1)[C@H](CN1CCCC1)c1ccccc1. The smallest absolute Gasteiger partial charge is 0.118 e. The molecule has 0 radical (unpaired) electrons. The highest BCUT2D eigenvalue weighted by Crippen LogP contribution is 2.42. The van der Waals surface area contributed by atoms with Crippen LogP contribution in [0.2, 0.25) is 0 Å². The summed E-state index contributed by atoms with van der Waals surface area (Å²) in [5, 5.41) is 12.0. The molecule has 0 saturated carbocycles. The van der Waals surface area contributed by atoms with E-state index in [1.165, 1.54) is 18.4 Å². The predicted octanol–water partition coefficient (Wildman–Crippen LogP) is 4.56. The molecular weight excluding hydrogens is 322 g/mol. The minimum atomic E-state index is -0.884. The first-order chi connectivity index (χ1) is 12.7. The third kappa shape index (κ3) is 4.11. The van der Waals surface area contributed by atoms with Gasteiger partial charge in [0, 0.05) is 12.5 Å². The molecular formula is C23H31NO2. The van der Waals surface area contributed by atoms with Gasteiger partial charge in [-0.1, -0.05) is 55.8 Å². The monoisotopic (exact) mass is 353 g/mol. The molecule has 1 heterocycles. The Kier molecular flexibility index (Phi) is 6.33. The third-order valence-corrected chi connectivity index (χ3v) is 5.64. The summed E-state index contributed by atoms with van der Waals surface area (Å²) in [7, 11) is 1.67. The van der Waals surface area contributed by atoms with Crippen molar-refractivity contribution in [3.63, 3.8) is 0 Å². The van der Waals surface area contributed by atoms with Crippen molar-refractivity contribution in [2.45, 2.75) is 44.1 Å². The van der Waals surface area contributed by atoms with E-state index in [9.17, 15) is 5.11 Å². The molecule has 2 atom stereocenters. The van der Waals surface area contributed by atoms with Gasteiger partial charge < -0.3 is 14.7 Å². The zero-order valence-corrected chi connectivity index (χ0v) is 16.0. The van der Waals surface area contributed by atoms with Crippen molar-refractivity contribution in [2.75, 3.05) is 26.7 Å². The van der Waals surface area contributed by atoms with Crippen LogP contribution in [0.3, 0.4) is 0 Å². The molecule has 26 heavy (non-hydrogen) atoms. The van der Waals surface area contributed by atoms with Crippen LogP contribution in [0.15, 0.2) is 54.6 Å². The molecule has 3 heteroatoms. The summed E-state index contributed by atoms with van der Waals surface area (Å²) in [6.07, 6.45) is 4.20. The highest BCUT2D eigenvalue weighted by atomic mass is 16.5. The Balaban J connectivity index is 1.99. The van der Waals surface area contributed by atoms with Crippen LogP contribution in [0, 0.1) is 0 Å². The van der Waals surface area contributed by atoms with Crippen LogP contribution in [0.25, 0.3) is 0 Å². The van der Waals surface area contributed by atoms with Crippen LogP contribution in [0.5, 0.6) is 5.75 Å². The zero-order chi connectivity index (χ0) is 18.4. The van der Waals surface area contributed by atoms with Gasteiger partial charge in [0.25, 0.3) is 0 Å². The molecule has 0 amide bonds. The fourth-order valence-electron chi connectivity index (χ4n) is 4.22. The topological polar surface area (TPSA) is 32.7 Å². The molecule has 0 aromatic heterocycles. The van der Waals surface area contributed by atoms with E-state index in [-0.39, 0.29) is 5.92 Å². The molecule has 1 aliphatic rings. The van der Waals surface area contributed by atoms with E-state index >= 15 is 0 Å². The summed E-state index contributed by atoms with van der Waals surface area (Å²) in [5.41, 5.74) is 1.31. The number of nitrogens with zero attached hydrogens (tertiary/aromatic N) is 1. The summed E-state index contributed by atoms with van der Waals surface area (Å²) >= 11 is 0. The minimum absolute atomic E-state index is 0.0511. The van der Waals surface area contributed by atoms with Crippen LogP contribution in [0.1, 0.15) is 49.7 Å². The van der Waals surface area contributed by atoms with Crippen molar-refractivity contribution >= 4 is 0 Å². The quantitative estimate of drug-likeness (QED) is 0.755. The maximum atomic E-state index is 12.0. The van der Waals surface area contributed by atoms with Crippen LogP contribution in [-0.4, -0.2) is 36.8 Å². The Morgan fingerprint density at radius 1 is 1.04 bits per heavy atom. The zero-order valence-electron chi connectivity index (χ0n) is 16.0. The first-order valence-electron chi connectivity index (χ1n) is 9.81. The average molecular weight is 354 g/mol. The molecule has 2 aromatic rings. The Morgan fingerprint density at radius 2 is 1.69 bits per heavy atom. The lowest BCUT2D eigenvalue weighted by molar-refractivity contribution is -0.0117. The Hall–Kier alpha value is -1.84. The maximum Gasteiger partial charge on any atom is 0.118 e. The molecule has 0 bridgehead atoms. The standard InChI is InChI=1S/C23H31NO2/c1-3-15-23(25,20-11-13-21(26-2)14-12-20)22(18-24-16-7-8-17-24)19-9-5-4-6-10-19/h4-6,9-14,22,25H,3,7-8,15-18H2,1-2H3/t22-,23-/m1/s1. The lowest BCUT2D eigenvalue weighted by Crippen LogP contribution is -2.40. The number of benzene rings is 2. The number of ether oxygens (including phenoxy) is 1. The van der Waals surface area contributed by atoms with Gasteiger partial charge >= 0.3 is 0 Å². The van der Waals surface area contributed by atoms with Crippen molar-refractivity contribution in [2.24, 2.45) is 0 Å². The van der Waals surface area contributed by atoms with Crippen LogP contribution in [0.4, 0.5) is 0 Å². The number of hydrogen-bond acceptors (Lipinski definition) is 3. The second-order valence-electron chi connectivity index (χ2n) is 7.37. The predicted molar refractivity (Wildman–Crippen MR) is 107 cm³/mol. The molecule has 1 N–H and O–H groups in total. The van der Waals surface area contributed by atoms with Gasteiger partial charge in [-0.2, -0.15) is 0 Å². The highest BCUT2D eigenvalue weighted by Gasteiger charge is 2.39. The summed E-state index contributed by atoms with van der Waals surface area (Å²) in [6.45, 7) is 5.31. The molecule has 1 fully saturated rings. The van der Waals surface area contributed by atoms with E-state index in [0.29, 0.717) is 0 Å². The lowest BCUT2D eigenvalue weighted by Gasteiger charge is -2.39. The molecule has 1 saturated heterocycles. The Bertz CT molecular complexity index is 664. The van der Waals surface area contributed by atoms with Crippen molar-refractivity contribution in [1.29, 1.82) is 0 Å². The van der Waals surface area contributed by atoms with Gasteiger partial charge in [0.1, 0.15) is 5.75 Å². The van der Waals surface area contributed by atoms with Gasteiger partial charge in [0.05, 0.1) is 12.7 Å². The minimum Gasteiger partial charge on any atom is -0.497 e. The van der Waals surface area contributed by atoms with Crippen LogP contribution >= 0.6 is 0 Å². The molecule has 3 rings (SSSR count). The second kappa shape index (κ2) is 8.70. The highest BCUT2D eigenvalue weighted by molar-refractivity contribution is 5.35. The number of aliphatic hydroxyl groups is 1. The third-order valence-electron chi connectivity index (χ3n) is 5.64. The van der Waals surface area contributed by atoms with E-state index in [2.05, 4.69) is 36.1 Å². The first-order valence-corrected chi connectivity index (χ1v) is 9.81. The van der Waals surface area contributed by atoms with Crippen LogP contribution < -0.4 is 4.74 Å². The number of rotatable bonds is 8. The van der Waals surface area contributed by atoms with Gasteiger partial charge in [-0.25, -0.2) is 0 Å². The van der Waals surface area contributed by atoms with Crippen molar-refractivity contribution in [3.05, 3.63) is 65.7 Å². The molecule has 0 unspecified atom stereocenters. The van der Waals surface area contributed by atoms with E-state index in [4.69, 9.17) is 4.74 Å². The van der Waals surface area contributed by atoms with E-state index in [1.807, 2.05) is 30.3 Å². The van der Waals surface area contributed by atoms with Gasteiger partial charge in [0.2, 0.25) is 0 Å². The molecule has 0 spiro atoms. The van der Waals surface area contributed by atoms with Gasteiger partial charge in [-0.3, -0.25) is 0 Å². The molecule has 0 aliphatic carbocycles. The van der Waals surface area contributed by atoms with E-state index < -0.39 is 5.60 Å². The molecule has 1 aliphatic heterocycles. The lowest BCUT2D eigenvalue weighted by atomic mass is 9.74. The number of methoxy groups -OCH3 is 1. The Labute approximate surface area is 157 Å². The number of likely N-dealkylation sites (tertiary alicyclic amines) is 1. The summed E-state index contributed by atoms with van der Waals surface area (Å²) < 4.78 is 5.30. The maximum absolute atomic E-state index is 12.0. The van der Waals surface area contributed by atoms with Crippen molar-refractivity contribution < 1.29 is 9.84 Å². The largest absolute Gasteiger partial charge is 0.497 e. The molecule has 140 valence electrons. The van der Waals surface area contributed by atoms with Crippen LogP contribution in [-0.2, 0) is 5.60 Å².